The number of piperidine rings is 1. The summed E-state index contributed by atoms with van der Waals surface area (Å²) >= 11 is 1.60. The first-order valence-electron chi connectivity index (χ1n) is 10.9. The molecule has 0 atom stereocenters. The highest BCUT2D eigenvalue weighted by atomic mass is 32.1. The summed E-state index contributed by atoms with van der Waals surface area (Å²) in [5.41, 5.74) is 3.73. The Balaban J connectivity index is 1.55. The van der Waals surface area contributed by atoms with E-state index in [9.17, 15) is 14.7 Å². The summed E-state index contributed by atoms with van der Waals surface area (Å²) in [5.74, 6) is -0.297. The molecular weight excluding hydrogens is 438 g/mol. The number of thiophene rings is 1. The Kier molecular flexibility index (Phi) is 5.18. The maximum atomic E-state index is 13.2. The number of anilines is 1. The van der Waals surface area contributed by atoms with Crippen LogP contribution in [0.4, 0.5) is 10.5 Å². The van der Waals surface area contributed by atoms with Gasteiger partial charge in [0.25, 0.3) is 5.91 Å². The second-order valence-corrected chi connectivity index (χ2v) is 9.74. The summed E-state index contributed by atoms with van der Waals surface area (Å²) in [7, 11) is 0. The maximum Gasteiger partial charge on any atom is 0.326 e. The first-order chi connectivity index (χ1) is 15.7. The number of hydrogen-bond donors (Lipinski definition) is 2. The molecule has 9 heteroatoms. The van der Waals surface area contributed by atoms with Crippen LogP contribution in [-0.4, -0.2) is 56.6 Å². The van der Waals surface area contributed by atoms with Crippen LogP contribution in [0.5, 0.6) is 0 Å². The molecule has 33 heavy (non-hydrogen) atoms. The molecule has 170 valence electrons. The number of urea groups is 1. The fourth-order valence-corrected chi connectivity index (χ4v) is 5.16. The van der Waals surface area contributed by atoms with Gasteiger partial charge in [-0.25, -0.2) is 9.78 Å². The lowest BCUT2D eigenvalue weighted by molar-refractivity contribution is -0.148. The summed E-state index contributed by atoms with van der Waals surface area (Å²) in [6.07, 6.45) is 2.91. The Hall–Kier alpha value is -3.30. The number of aliphatic hydroxyl groups is 1. The number of fused-ring (bicyclic) bond motifs is 3. The number of carbonyl (C=O) groups excluding carboxylic acids is 2. The molecule has 5 rings (SSSR count). The molecule has 0 aromatic carbocycles. The third-order valence-electron chi connectivity index (χ3n) is 6.19. The second-order valence-electron chi connectivity index (χ2n) is 8.96. The van der Waals surface area contributed by atoms with Crippen LogP contribution in [0.15, 0.2) is 41.7 Å². The van der Waals surface area contributed by atoms with Gasteiger partial charge in [-0.3, -0.25) is 14.7 Å². The monoisotopic (exact) mass is 463 g/mol. The van der Waals surface area contributed by atoms with Gasteiger partial charge in [-0.2, -0.15) is 11.3 Å². The summed E-state index contributed by atoms with van der Waals surface area (Å²) in [5, 5.41) is 17.0. The van der Waals surface area contributed by atoms with Crippen molar-refractivity contribution in [2.75, 3.05) is 18.0 Å². The summed E-state index contributed by atoms with van der Waals surface area (Å²) < 4.78 is 0. The summed E-state index contributed by atoms with van der Waals surface area (Å²) in [6, 6.07) is 5.50. The molecule has 0 saturated carbocycles. The second kappa shape index (κ2) is 7.93. The van der Waals surface area contributed by atoms with Crippen molar-refractivity contribution in [1.29, 1.82) is 0 Å². The summed E-state index contributed by atoms with van der Waals surface area (Å²) in [4.78, 5) is 38.5. The topological polar surface area (TPSA) is 98.7 Å². The molecule has 3 aromatic rings. The van der Waals surface area contributed by atoms with Crippen molar-refractivity contribution in [3.63, 3.8) is 0 Å². The number of nitrogens with one attached hydrogen (secondary N) is 1. The minimum absolute atomic E-state index is 0.125. The molecule has 1 fully saturated rings. The minimum Gasteiger partial charge on any atom is -0.381 e. The molecule has 2 N–H and O–H groups in total. The number of carbonyl (C=O) groups is 2. The van der Waals surface area contributed by atoms with Gasteiger partial charge in [-0.05, 0) is 50.3 Å². The molecule has 0 bridgehead atoms. The van der Waals surface area contributed by atoms with Crippen LogP contribution in [-0.2, 0) is 4.79 Å². The van der Waals surface area contributed by atoms with E-state index < -0.39 is 5.60 Å². The predicted molar refractivity (Wildman–Crippen MR) is 129 cm³/mol. The Bertz CT molecular complexity index is 1260. The number of rotatable bonds is 3. The number of nitrogens with zero attached hydrogens (tertiary/aromatic N) is 4. The Morgan fingerprint density at radius 3 is 2.70 bits per heavy atom. The lowest BCUT2D eigenvalue weighted by atomic mass is 9.97. The van der Waals surface area contributed by atoms with E-state index in [4.69, 9.17) is 4.98 Å². The van der Waals surface area contributed by atoms with Crippen molar-refractivity contribution in [3.8, 4) is 11.3 Å². The first kappa shape index (κ1) is 21.5. The molecule has 2 aliphatic heterocycles. The van der Waals surface area contributed by atoms with E-state index in [0.29, 0.717) is 48.3 Å². The van der Waals surface area contributed by atoms with Crippen LogP contribution in [0, 0.1) is 0 Å². The first-order valence-corrected chi connectivity index (χ1v) is 11.8. The van der Waals surface area contributed by atoms with Gasteiger partial charge in [-0.1, -0.05) is 6.58 Å². The SMILES string of the molecule is C=C1NC(=O)N(C2CCN(C(=O)C(C)(C)O)CC2)c2c1cnc1ccc(-c3ccsc3)nc21. The molecular formula is C24H25N5O3S. The quantitative estimate of drug-likeness (QED) is 0.618. The average Bonchev–Trinajstić information content (AvgIpc) is 3.33. The van der Waals surface area contributed by atoms with Crippen molar-refractivity contribution in [3.05, 3.63) is 47.3 Å². The van der Waals surface area contributed by atoms with E-state index in [1.807, 2.05) is 29.0 Å². The molecule has 5 heterocycles. The van der Waals surface area contributed by atoms with Gasteiger partial charge in [0, 0.05) is 47.5 Å². The highest BCUT2D eigenvalue weighted by Crippen LogP contribution is 2.38. The Labute approximate surface area is 195 Å². The lowest BCUT2D eigenvalue weighted by Crippen LogP contribution is -2.55. The molecule has 0 aliphatic carbocycles. The standard InChI is InChI=1S/C24H25N5O3S/c1-14-17-12-25-19-5-4-18(15-8-11-33-13-15)27-20(19)21(17)29(23(31)26-14)16-6-9-28(10-7-16)22(30)24(2,3)32/h4-5,8,11-13,16,32H,1,6-7,9-10H2,2-3H3,(H,26,31). The maximum absolute atomic E-state index is 13.2. The van der Waals surface area contributed by atoms with E-state index in [1.165, 1.54) is 13.8 Å². The molecule has 0 unspecified atom stereocenters. The van der Waals surface area contributed by atoms with Gasteiger partial charge in [-0.15, -0.1) is 0 Å². The van der Waals surface area contributed by atoms with Gasteiger partial charge in [0.05, 0.1) is 16.9 Å². The number of pyridine rings is 2. The molecule has 0 spiro atoms. The zero-order valence-electron chi connectivity index (χ0n) is 18.5. The largest absolute Gasteiger partial charge is 0.381 e. The van der Waals surface area contributed by atoms with Gasteiger partial charge in [0.15, 0.2) is 0 Å². The fourth-order valence-electron chi connectivity index (χ4n) is 4.51. The van der Waals surface area contributed by atoms with Crippen LogP contribution in [0.3, 0.4) is 0 Å². The minimum atomic E-state index is -1.41. The lowest BCUT2D eigenvalue weighted by Gasteiger charge is -2.42. The Morgan fingerprint density at radius 1 is 1.27 bits per heavy atom. The third-order valence-corrected chi connectivity index (χ3v) is 6.87. The van der Waals surface area contributed by atoms with Gasteiger partial charge in [0.2, 0.25) is 0 Å². The molecule has 1 saturated heterocycles. The van der Waals surface area contributed by atoms with Crippen LogP contribution < -0.4 is 10.2 Å². The molecule has 3 aromatic heterocycles. The molecule has 0 radical (unpaired) electrons. The zero-order valence-corrected chi connectivity index (χ0v) is 19.4. The molecule has 3 amide bonds. The number of amides is 3. The van der Waals surface area contributed by atoms with E-state index >= 15 is 0 Å². The average molecular weight is 464 g/mol. The normalized spacial score (nSPS) is 17.3. The predicted octanol–water partition coefficient (Wildman–Crippen LogP) is 3.62. The van der Waals surface area contributed by atoms with Gasteiger partial charge < -0.3 is 15.3 Å². The Morgan fingerprint density at radius 2 is 2.03 bits per heavy atom. The van der Waals surface area contributed by atoms with Crippen molar-refractivity contribution in [2.45, 2.75) is 38.3 Å². The number of hydrogen-bond acceptors (Lipinski definition) is 6. The van der Waals surface area contributed by atoms with Crippen molar-refractivity contribution < 1.29 is 14.7 Å². The smallest absolute Gasteiger partial charge is 0.326 e. The zero-order chi connectivity index (χ0) is 23.3. The van der Waals surface area contributed by atoms with E-state index in [-0.39, 0.29) is 18.0 Å². The van der Waals surface area contributed by atoms with E-state index in [1.54, 1.807) is 27.3 Å². The molecule has 8 nitrogen and oxygen atoms in total. The van der Waals surface area contributed by atoms with E-state index in [0.717, 1.165) is 16.8 Å². The van der Waals surface area contributed by atoms with Crippen molar-refractivity contribution in [2.24, 2.45) is 0 Å². The van der Waals surface area contributed by atoms with Crippen LogP contribution in [0.2, 0.25) is 0 Å². The van der Waals surface area contributed by atoms with Crippen molar-refractivity contribution >= 4 is 45.7 Å². The van der Waals surface area contributed by atoms with Crippen LogP contribution in [0.1, 0.15) is 32.3 Å². The number of likely N-dealkylation sites (tertiary alicyclic amines) is 1. The molecule has 2 aliphatic rings. The third kappa shape index (κ3) is 3.77. The van der Waals surface area contributed by atoms with E-state index in [2.05, 4.69) is 16.9 Å². The number of aromatic nitrogens is 2. The van der Waals surface area contributed by atoms with Gasteiger partial charge in [0.1, 0.15) is 11.1 Å². The van der Waals surface area contributed by atoms with Crippen LogP contribution >= 0.6 is 11.3 Å². The highest BCUT2D eigenvalue weighted by Gasteiger charge is 2.38. The highest BCUT2D eigenvalue weighted by molar-refractivity contribution is 7.08. The summed E-state index contributed by atoms with van der Waals surface area (Å²) in [6.45, 7) is 7.94. The van der Waals surface area contributed by atoms with Gasteiger partial charge >= 0.3 is 6.03 Å². The van der Waals surface area contributed by atoms with Crippen molar-refractivity contribution in [1.82, 2.24) is 20.2 Å². The van der Waals surface area contributed by atoms with Crippen LogP contribution in [0.25, 0.3) is 28.0 Å². The fraction of sp³-hybridized carbons (Fsp3) is 0.333.